The van der Waals surface area contributed by atoms with E-state index in [2.05, 4.69) is 10.6 Å². The minimum absolute atomic E-state index is 0.0116. The van der Waals surface area contributed by atoms with E-state index >= 15 is 0 Å². The molecule has 0 saturated heterocycles. The van der Waals surface area contributed by atoms with Gasteiger partial charge in [-0.25, -0.2) is 14.4 Å². The third-order valence-corrected chi connectivity index (χ3v) is 5.74. The van der Waals surface area contributed by atoms with Crippen molar-refractivity contribution < 1.29 is 44.2 Å². The number of nitro benzene ring substituents is 1. The van der Waals surface area contributed by atoms with Crippen LogP contribution in [0.4, 0.5) is 10.5 Å². The van der Waals surface area contributed by atoms with Gasteiger partial charge in [-0.1, -0.05) is 12.1 Å². The fourth-order valence-electron chi connectivity index (χ4n) is 3.61. The van der Waals surface area contributed by atoms with Gasteiger partial charge in [-0.05, 0) is 50.6 Å². The van der Waals surface area contributed by atoms with Crippen molar-refractivity contribution in [2.75, 3.05) is 13.1 Å². The Bertz CT molecular complexity index is 1000. The number of amides is 3. The molecule has 3 amide bonds. The lowest BCUT2D eigenvalue weighted by molar-refractivity contribution is -0.384. The van der Waals surface area contributed by atoms with Crippen LogP contribution in [0.5, 0.6) is 0 Å². The van der Waals surface area contributed by atoms with Gasteiger partial charge in [0.05, 0.1) is 4.92 Å². The van der Waals surface area contributed by atoms with Crippen molar-refractivity contribution in [3.8, 4) is 0 Å². The monoisotopic (exact) mass is 553 g/mol. The van der Waals surface area contributed by atoms with Crippen LogP contribution in [-0.2, 0) is 25.7 Å². The number of carboxylic acids is 3. The molecule has 0 bridgehead atoms. The van der Waals surface area contributed by atoms with E-state index in [4.69, 9.17) is 15.9 Å². The maximum atomic E-state index is 12.8. The summed E-state index contributed by atoms with van der Waals surface area (Å²) in [6, 6.07) is 1.89. The molecule has 0 fully saturated rings. The number of carbonyl (C=O) groups excluding carboxylic acids is 2. The number of nitrogens with one attached hydrogen (secondary N) is 2. The Labute approximate surface area is 224 Å². The second-order valence-corrected chi connectivity index (χ2v) is 8.81. The van der Waals surface area contributed by atoms with E-state index in [1.165, 1.54) is 12.1 Å². The first kappa shape index (κ1) is 32.8. The van der Waals surface area contributed by atoms with Crippen molar-refractivity contribution in [1.29, 1.82) is 0 Å². The average Bonchev–Trinajstić information content (AvgIpc) is 2.87. The van der Waals surface area contributed by atoms with Crippen LogP contribution in [0.1, 0.15) is 56.9 Å². The molecule has 1 aromatic rings. The fraction of sp³-hybridized carbons (Fsp3) is 0.542. The zero-order valence-corrected chi connectivity index (χ0v) is 21.4. The normalized spacial score (nSPS) is 12.1. The van der Waals surface area contributed by atoms with Gasteiger partial charge in [0.1, 0.15) is 12.1 Å². The molecule has 2 atom stereocenters. The summed E-state index contributed by atoms with van der Waals surface area (Å²) in [7, 11) is 0. The summed E-state index contributed by atoms with van der Waals surface area (Å²) in [5.74, 6) is -4.19. The van der Waals surface area contributed by atoms with Gasteiger partial charge in [-0.3, -0.25) is 19.7 Å². The number of carboxylic acid groups (broad SMARTS) is 3. The molecule has 0 spiro atoms. The minimum Gasteiger partial charge on any atom is -0.481 e. The molecule has 216 valence electrons. The Morgan fingerprint density at radius 2 is 1.46 bits per heavy atom. The maximum Gasteiger partial charge on any atom is 0.326 e. The van der Waals surface area contributed by atoms with Crippen LogP contribution in [0.15, 0.2) is 24.3 Å². The van der Waals surface area contributed by atoms with Crippen molar-refractivity contribution in [3.63, 3.8) is 0 Å². The first-order chi connectivity index (χ1) is 18.4. The lowest BCUT2D eigenvalue weighted by Crippen LogP contribution is -2.51. The molecule has 1 rings (SSSR count). The molecule has 0 aromatic heterocycles. The number of aliphatic carboxylic acids is 3. The van der Waals surface area contributed by atoms with E-state index in [1.54, 1.807) is 17.0 Å². The highest BCUT2D eigenvalue weighted by atomic mass is 16.6. The van der Waals surface area contributed by atoms with E-state index in [0.717, 1.165) is 0 Å². The zero-order chi connectivity index (χ0) is 29.4. The smallest absolute Gasteiger partial charge is 0.326 e. The molecule has 0 aliphatic rings. The summed E-state index contributed by atoms with van der Waals surface area (Å²) in [5.41, 5.74) is 6.10. The predicted molar refractivity (Wildman–Crippen MR) is 137 cm³/mol. The van der Waals surface area contributed by atoms with Crippen molar-refractivity contribution in [3.05, 3.63) is 39.9 Å². The van der Waals surface area contributed by atoms with Gasteiger partial charge >= 0.3 is 23.9 Å². The van der Waals surface area contributed by atoms with Gasteiger partial charge in [0.25, 0.3) is 5.69 Å². The fourth-order valence-corrected chi connectivity index (χ4v) is 3.61. The summed E-state index contributed by atoms with van der Waals surface area (Å²) in [4.78, 5) is 70.4. The summed E-state index contributed by atoms with van der Waals surface area (Å²) >= 11 is 0. The van der Waals surface area contributed by atoms with Crippen molar-refractivity contribution in [1.82, 2.24) is 15.5 Å². The standard InChI is InChI=1S/C24H35N5O10/c25-13-3-1-6-20(30)28(15-16-7-9-17(10-8-16)29(38)39)14-4-2-5-18(22(33)34)26-24(37)27-19(23(35)36)11-12-21(31)32/h7-10,18-19H,1-6,11-15,25H2,(H,31,32)(H,33,34)(H,35,36)(H2,26,27,37). The van der Waals surface area contributed by atoms with Gasteiger partial charge in [0.2, 0.25) is 5.91 Å². The number of unbranched alkanes of at least 4 members (excludes halogenated alkanes) is 2. The molecule has 0 saturated carbocycles. The van der Waals surface area contributed by atoms with Crippen LogP contribution >= 0.6 is 0 Å². The highest BCUT2D eigenvalue weighted by Gasteiger charge is 2.25. The van der Waals surface area contributed by atoms with Gasteiger partial charge in [-0.2, -0.15) is 0 Å². The number of carbonyl (C=O) groups is 5. The number of benzene rings is 1. The Hall–Kier alpha value is -4.27. The largest absolute Gasteiger partial charge is 0.481 e. The molecule has 0 aliphatic heterocycles. The zero-order valence-electron chi connectivity index (χ0n) is 21.4. The summed E-state index contributed by atoms with van der Waals surface area (Å²) in [6.07, 6.45) is 1.32. The quantitative estimate of drug-likeness (QED) is 0.0809. The van der Waals surface area contributed by atoms with Gasteiger partial charge in [0.15, 0.2) is 0 Å². The molecule has 1 aromatic carbocycles. The summed E-state index contributed by atoms with van der Waals surface area (Å²) in [5, 5.41) is 42.4. The number of hydrogen-bond acceptors (Lipinski definition) is 8. The molecule has 0 aliphatic carbocycles. The second kappa shape index (κ2) is 17.3. The Morgan fingerprint density at radius 3 is 1.97 bits per heavy atom. The number of rotatable bonds is 19. The molecule has 0 heterocycles. The minimum atomic E-state index is -1.51. The van der Waals surface area contributed by atoms with E-state index < -0.39 is 47.4 Å². The third kappa shape index (κ3) is 13.2. The molecule has 2 unspecified atom stereocenters. The van der Waals surface area contributed by atoms with Crippen LogP contribution in [-0.4, -0.2) is 80.2 Å². The summed E-state index contributed by atoms with van der Waals surface area (Å²) < 4.78 is 0. The van der Waals surface area contributed by atoms with Crippen LogP contribution in [0.3, 0.4) is 0 Å². The maximum absolute atomic E-state index is 12.8. The van der Waals surface area contributed by atoms with Gasteiger partial charge < -0.3 is 36.6 Å². The molecule has 15 heteroatoms. The van der Waals surface area contributed by atoms with Crippen LogP contribution in [0.2, 0.25) is 0 Å². The van der Waals surface area contributed by atoms with Crippen LogP contribution < -0.4 is 16.4 Å². The second-order valence-electron chi connectivity index (χ2n) is 8.81. The number of hydrogen-bond donors (Lipinski definition) is 6. The molecular formula is C24H35N5O10. The number of nitrogens with two attached hydrogens (primary N) is 1. The molecular weight excluding hydrogens is 518 g/mol. The summed E-state index contributed by atoms with van der Waals surface area (Å²) in [6.45, 7) is 0.919. The van der Waals surface area contributed by atoms with Gasteiger partial charge in [-0.15, -0.1) is 0 Å². The predicted octanol–water partition coefficient (Wildman–Crippen LogP) is 1.29. The molecule has 39 heavy (non-hydrogen) atoms. The Kier molecular flexibility index (Phi) is 14.5. The number of nitrogens with zero attached hydrogens (tertiary/aromatic N) is 2. The topological polar surface area (TPSA) is 242 Å². The van der Waals surface area contributed by atoms with E-state index in [1.807, 2.05) is 0 Å². The lowest BCUT2D eigenvalue weighted by Gasteiger charge is -2.23. The third-order valence-electron chi connectivity index (χ3n) is 5.74. The number of non-ortho nitro benzene ring substituents is 1. The van der Waals surface area contributed by atoms with Gasteiger partial charge in [0, 0.05) is 38.1 Å². The van der Waals surface area contributed by atoms with E-state index in [9.17, 15) is 39.2 Å². The van der Waals surface area contributed by atoms with Crippen molar-refractivity contribution in [2.24, 2.45) is 5.73 Å². The van der Waals surface area contributed by atoms with Crippen molar-refractivity contribution >= 4 is 35.5 Å². The lowest BCUT2D eigenvalue weighted by atomic mass is 10.1. The van der Waals surface area contributed by atoms with E-state index in [0.29, 0.717) is 37.8 Å². The van der Waals surface area contributed by atoms with Crippen molar-refractivity contribution in [2.45, 2.75) is 70.0 Å². The van der Waals surface area contributed by atoms with Crippen LogP contribution in [0.25, 0.3) is 0 Å². The molecule has 7 N–H and O–H groups in total. The number of urea groups is 1. The SMILES string of the molecule is NCCCCC(=O)N(CCCCC(NC(=O)NC(CCC(=O)O)C(=O)O)C(=O)O)Cc1ccc([N+](=O)[O-])cc1. The average molecular weight is 554 g/mol. The number of nitro groups is 1. The first-order valence-corrected chi connectivity index (χ1v) is 12.4. The van der Waals surface area contributed by atoms with E-state index in [-0.39, 0.29) is 43.9 Å². The molecule has 15 nitrogen and oxygen atoms in total. The first-order valence-electron chi connectivity index (χ1n) is 12.4. The van der Waals surface area contributed by atoms with Crippen LogP contribution in [0, 0.1) is 10.1 Å². The molecule has 0 radical (unpaired) electrons. The highest BCUT2D eigenvalue weighted by molar-refractivity contribution is 5.86. The Morgan fingerprint density at radius 1 is 0.872 bits per heavy atom. The highest BCUT2D eigenvalue weighted by Crippen LogP contribution is 2.15. The Balaban J connectivity index is 2.71.